The first-order valence-electron chi connectivity index (χ1n) is 6.51. The molecule has 1 N–H and O–H groups in total. The molecule has 1 amide bonds. The van der Waals surface area contributed by atoms with E-state index in [9.17, 15) is 4.79 Å². The van der Waals surface area contributed by atoms with Crippen molar-refractivity contribution >= 4 is 17.6 Å². The summed E-state index contributed by atoms with van der Waals surface area (Å²) in [5.41, 5.74) is 0.711. The number of carbonyl (C=O) groups is 1. The van der Waals surface area contributed by atoms with Gasteiger partial charge in [0.2, 0.25) is 5.65 Å². The van der Waals surface area contributed by atoms with Crippen LogP contribution in [0.25, 0.3) is 5.65 Å². The van der Waals surface area contributed by atoms with Crippen molar-refractivity contribution in [2.75, 3.05) is 25.5 Å². The maximum Gasteiger partial charge on any atom is 0.409 e. The molecule has 0 aliphatic carbocycles. The molecular weight excluding hydrogens is 260 g/mol. The third-order valence-corrected chi connectivity index (χ3v) is 3.48. The molecule has 2 aromatic heterocycles. The normalized spacial score (nSPS) is 16.4. The van der Waals surface area contributed by atoms with E-state index in [0.29, 0.717) is 18.7 Å². The van der Waals surface area contributed by atoms with Crippen molar-refractivity contribution < 1.29 is 9.53 Å². The Labute approximate surface area is 115 Å². The molecule has 3 heterocycles. The van der Waals surface area contributed by atoms with E-state index >= 15 is 0 Å². The van der Waals surface area contributed by atoms with Gasteiger partial charge >= 0.3 is 6.09 Å². The highest BCUT2D eigenvalue weighted by atomic mass is 16.5. The number of hydrogen-bond acceptors (Lipinski definition) is 6. The van der Waals surface area contributed by atoms with Crippen LogP contribution in [0, 0.1) is 0 Å². The van der Waals surface area contributed by atoms with E-state index in [1.807, 2.05) is 4.40 Å². The first-order chi connectivity index (χ1) is 9.78. The van der Waals surface area contributed by atoms with Crippen LogP contribution in [-0.2, 0) is 4.74 Å². The molecule has 1 saturated heterocycles. The van der Waals surface area contributed by atoms with Crippen LogP contribution in [0.15, 0.2) is 18.7 Å². The van der Waals surface area contributed by atoms with Gasteiger partial charge in [-0.25, -0.2) is 9.78 Å². The van der Waals surface area contributed by atoms with E-state index in [2.05, 4.69) is 20.5 Å². The van der Waals surface area contributed by atoms with E-state index in [1.54, 1.807) is 23.6 Å². The SMILES string of the molecule is COC(=O)N1CCC(Nc2nccn3cnnc23)CC1. The van der Waals surface area contributed by atoms with E-state index in [0.717, 1.165) is 18.7 Å². The van der Waals surface area contributed by atoms with Gasteiger partial charge in [0.1, 0.15) is 6.33 Å². The predicted octanol–water partition coefficient (Wildman–Crippen LogP) is 0.767. The molecule has 106 valence electrons. The van der Waals surface area contributed by atoms with Crippen molar-refractivity contribution in [3.63, 3.8) is 0 Å². The number of piperidine rings is 1. The Bertz CT molecular complexity index is 605. The number of likely N-dealkylation sites (tertiary alicyclic amines) is 1. The quantitative estimate of drug-likeness (QED) is 0.872. The molecule has 3 rings (SSSR count). The molecule has 1 fully saturated rings. The molecule has 0 aromatic carbocycles. The minimum atomic E-state index is -0.263. The molecule has 0 radical (unpaired) electrons. The van der Waals surface area contributed by atoms with Gasteiger partial charge < -0.3 is 15.0 Å². The van der Waals surface area contributed by atoms with Crippen LogP contribution in [0.4, 0.5) is 10.6 Å². The maximum absolute atomic E-state index is 11.4. The van der Waals surface area contributed by atoms with Gasteiger partial charge in [-0.3, -0.25) is 4.40 Å². The molecule has 8 heteroatoms. The number of nitrogens with zero attached hydrogens (tertiary/aromatic N) is 5. The van der Waals surface area contributed by atoms with Gasteiger partial charge in [0.05, 0.1) is 7.11 Å². The number of nitrogens with one attached hydrogen (secondary N) is 1. The summed E-state index contributed by atoms with van der Waals surface area (Å²) in [7, 11) is 1.41. The number of rotatable bonds is 2. The Morgan fingerprint density at radius 1 is 1.45 bits per heavy atom. The summed E-state index contributed by atoms with van der Waals surface area (Å²) in [6.45, 7) is 1.36. The van der Waals surface area contributed by atoms with Crippen molar-refractivity contribution in [1.82, 2.24) is 24.5 Å². The molecule has 0 saturated carbocycles. The summed E-state index contributed by atoms with van der Waals surface area (Å²) in [6, 6.07) is 0.270. The molecule has 0 atom stereocenters. The molecule has 0 bridgehead atoms. The zero-order valence-electron chi connectivity index (χ0n) is 11.2. The average molecular weight is 276 g/mol. The van der Waals surface area contributed by atoms with Gasteiger partial charge in [-0.05, 0) is 12.8 Å². The second-order valence-electron chi connectivity index (χ2n) is 4.71. The van der Waals surface area contributed by atoms with E-state index in [-0.39, 0.29) is 12.1 Å². The van der Waals surface area contributed by atoms with Crippen molar-refractivity contribution in [3.05, 3.63) is 18.7 Å². The molecule has 0 spiro atoms. The Hall–Kier alpha value is -2.38. The van der Waals surface area contributed by atoms with Gasteiger partial charge in [0.15, 0.2) is 5.82 Å². The molecule has 0 unspecified atom stereocenters. The Morgan fingerprint density at radius 3 is 3.00 bits per heavy atom. The van der Waals surface area contributed by atoms with Crippen molar-refractivity contribution in [2.24, 2.45) is 0 Å². The van der Waals surface area contributed by atoms with Gasteiger partial charge in [0, 0.05) is 31.5 Å². The molecule has 1 aliphatic rings. The predicted molar refractivity (Wildman–Crippen MR) is 71.4 cm³/mol. The summed E-state index contributed by atoms with van der Waals surface area (Å²) in [5, 5.41) is 11.3. The first-order valence-corrected chi connectivity index (χ1v) is 6.51. The largest absolute Gasteiger partial charge is 0.453 e. The van der Waals surface area contributed by atoms with Gasteiger partial charge in [-0.2, -0.15) is 0 Å². The maximum atomic E-state index is 11.4. The van der Waals surface area contributed by atoms with Gasteiger partial charge in [-0.15, -0.1) is 10.2 Å². The van der Waals surface area contributed by atoms with Crippen LogP contribution in [0.1, 0.15) is 12.8 Å². The van der Waals surface area contributed by atoms with Crippen molar-refractivity contribution in [3.8, 4) is 0 Å². The lowest BCUT2D eigenvalue weighted by Gasteiger charge is -2.31. The van der Waals surface area contributed by atoms with E-state index in [1.165, 1.54) is 7.11 Å². The van der Waals surface area contributed by atoms with Crippen molar-refractivity contribution in [1.29, 1.82) is 0 Å². The highest BCUT2D eigenvalue weighted by Crippen LogP contribution is 2.18. The fraction of sp³-hybridized carbons (Fsp3) is 0.500. The van der Waals surface area contributed by atoms with E-state index < -0.39 is 0 Å². The standard InChI is InChI=1S/C12H16N6O2/c1-20-12(19)17-5-2-9(3-6-17)15-10-11-16-14-8-18(11)7-4-13-10/h4,7-9H,2-3,5-6H2,1H3,(H,13,15). The zero-order chi connectivity index (χ0) is 13.9. The summed E-state index contributed by atoms with van der Waals surface area (Å²) in [4.78, 5) is 17.4. The Balaban J connectivity index is 1.65. The summed E-state index contributed by atoms with van der Waals surface area (Å²) >= 11 is 0. The number of methoxy groups -OCH3 is 1. The number of carbonyl (C=O) groups excluding carboxylic acids is 1. The average Bonchev–Trinajstić information content (AvgIpc) is 2.97. The number of fused-ring (bicyclic) bond motifs is 1. The minimum Gasteiger partial charge on any atom is -0.453 e. The molecular formula is C12H16N6O2. The first kappa shape index (κ1) is 12.6. The molecule has 8 nitrogen and oxygen atoms in total. The molecule has 2 aromatic rings. The topological polar surface area (TPSA) is 84.7 Å². The lowest BCUT2D eigenvalue weighted by Crippen LogP contribution is -2.42. The second-order valence-corrected chi connectivity index (χ2v) is 4.71. The molecule has 1 aliphatic heterocycles. The highest BCUT2D eigenvalue weighted by Gasteiger charge is 2.23. The monoisotopic (exact) mass is 276 g/mol. The summed E-state index contributed by atoms with van der Waals surface area (Å²) in [5.74, 6) is 0.724. The van der Waals surface area contributed by atoms with Crippen LogP contribution >= 0.6 is 0 Å². The highest BCUT2D eigenvalue weighted by molar-refractivity contribution is 5.67. The number of ether oxygens (including phenoxy) is 1. The van der Waals surface area contributed by atoms with Gasteiger partial charge in [-0.1, -0.05) is 0 Å². The zero-order valence-corrected chi connectivity index (χ0v) is 11.2. The molecule has 20 heavy (non-hydrogen) atoms. The summed E-state index contributed by atoms with van der Waals surface area (Å²) < 4.78 is 6.54. The number of anilines is 1. The summed E-state index contributed by atoms with van der Waals surface area (Å²) in [6.07, 6.45) is 6.60. The fourth-order valence-corrected chi connectivity index (χ4v) is 2.39. The minimum absolute atomic E-state index is 0.263. The third-order valence-electron chi connectivity index (χ3n) is 3.48. The van der Waals surface area contributed by atoms with Crippen LogP contribution in [0.2, 0.25) is 0 Å². The Morgan fingerprint density at radius 2 is 2.25 bits per heavy atom. The van der Waals surface area contributed by atoms with Crippen LogP contribution < -0.4 is 5.32 Å². The van der Waals surface area contributed by atoms with Crippen molar-refractivity contribution in [2.45, 2.75) is 18.9 Å². The van der Waals surface area contributed by atoms with Crippen LogP contribution in [-0.4, -0.2) is 56.8 Å². The fourth-order valence-electron chi connectivity index (χ4n) is 2.39. The van der Waals surface area contributed by atoms with Crippen LogP contribution in [0.3, 0.4) is 0 Å². The third kappa shape index (κ3) is 2.36. The lowest BCUT2D eigenvalue weighted by atomic mass is 10.1. The number of amides is 1. The van der Waals surface area contributed by atoms with Crippen LogP contribution in [0.5, 0.6) is 0 Å². The number of aromatic nitrogens is 4. The second kappa shape index (κ2) is 5.32. The van der Waals surface area contributed by atoms with Gasteiger partial charge in [0.25, 0.3) is 0 Å². The Kier molecular flexibility index (Phi) is 3.36. The van der Waals surface area contributed by atoms with E-state index in [4.69, 9.17) is 4.74 Å². The lowest BCUT2D eigenvalue weighted by molar-refractivity contribution is 0.113. The number of hydrogen-bond donors (Lipinski definition) is 1. The smallest absolute Gasteiger partial charge is 0.409 e.